The molecule has 1 unspecified atom stereocenters. The van der Waals surface area contributed by atoms with Gasteiger partial charge in [-0.25, -0.2) is 0 Å². The number of hydrogen-bond donors (Lipinski definition) is 0. The zero-order valence-electron chi connectivity index (χ0n) is 19.0. The van der Waals surface area contributed by atoms with Crippen molar-refractivity contribution in [3.8, 4) is 0 Å². The van der Waals surface area contributed by atoms with Gasteiger partial charge < -0.3 is 4.90 Å². The van der Waals surface area contributed by atoms with E-state index < -0.39 is 0 Å². The summed E-state index contributed by atoms with van der Waals surface area (Å²) in [5.41, 5.74) is 2.73. The quantitative estimate of drug-likeness (QED) is 0.213. The van der Waals surface area contributed by atoms with Crippen LogP contribution in [-0.2, 0) is 6.54 Å². The number of benzene rings is 3. The van der Waals surface area contributed by atoms with E-state index in [0.29, 0.717) is 6.04 Å². The predicted octanol–water partition coefficient (Wildman–Crippen LogP) is 6.98. The Kier molecular flexibility index (Phi) is 10.0. The van der Waals surface area contributed by atoms with Crippen LogP contribution in [-0.4, -0.2) is 36.3 Å². The van der Waals surface area contributed by atoms with E-state index in [4.69, 9.17) is 0 Å². The normalized spacial score (nSPS) is 12.1. The highest BCUT2D eigenvalue weighted by atomic mass is 32.2. The first kappa shape index (κ1) is 23.4. The Hall–Kier alpha value is -2.23. The second-order valence-electron chi connectivity index (χ2n) is 8.06. The molecule has 0 radical (unpaired) electrons. The van der Waals surface area contributed by atoms with Crippen molar-refractivity contribution in [1.29, 1.82) is 0 Å². The summed E-state index contributed by atoms with van der Waals surface area (Å²) in [6, 6.07) is 33.0. The number of thioether (sulfide) groups is 1. The van der Waals surface area contributed by atoms with E-state index in [1.54, 1.807) is 0 Å². The summed E-state index contributed by atoms with van der Waals surface area (Å²) in [4.78, 5) is 6.56. The first-order valence-electron chi connectivity index (χ1n) is 11.5. The van der Waals surface area contributed by atoms with Gasteiger partial charge in [-0.05, 0) is 61.9 Å². The van der Waals surface area contributed by atoms with E-state index >= 15 is 0 Å². The first-order chi connectivity index (χ1) is 15.3. The van der Waals surface area contributed by atoms with Crippen molar-refractivity contribution in [2.24, 2.45) is 0 Å². The molecule has 0 aliphatic carbocycles. The smallest absolute Gasteiger partial charge is 0.0369 e. The van der Waals surface area contributed by atoms with E-state index in [9.17, 15) is 0 Å². The minimum absolute atomic E-state index is 0.537. The summed E-state index contributed by atoms with van der Waals surface area (Å²) in [5.74, 6) is 1.16. The molecule has 3 rings (SSSR count). The summed E-state index contributed by atoms with van der Waals surface area (Å²) in [7, 11) is 0. The summed E-state index contributed by atoms with van der Waals surface area (Å²) in [6.07, 6.45) is 2.35. The van der Waals surface area contributed by atoms with Crippen molar-refractivity contribution in [1.82, 2.24) is 4.90 Å². The van der Waals surface area contributed by atoms with E-state index in [1.165, 1.54) is 22.6 Å². The fraction of sp³-hybridized carbons (Fsp3) is 0.357. The molecular formula is C28H36N2S. The molecule has 0 amide bonds. The van der Waals surface area contributed by atoms with Crippen LogP contribution in [0.4, 0.5) is 5.69 Å². The standard InChI is InChI=1S/C28H36N2S/c1-3-25(2)30(27-16-9-5-10-17-27)22-21-29(24-26-14-7-4-8-15-26)20-13-23-31-28-18-11-6-12-19-28/h4-12,14-19,25H,3,13,20-24H2,1-2H3. The minimum atomic E-state index is 0.537. The van der Waals surface area contributed by atoms with Crippen molar-refractivity contribution >= 4 is 17.4 Å². The maximum atomic E-state index is 2.62. The number of rotatable bonds is 13. The second kappa shape index (κ2) is 13.2. The molecule has 3 aromatic carbocycles. The fourth-order valence-electron chi connectivity index (χ4n) is 3.80. The molecule has 3 aromatic rings. The molecule has 0 aromatic heterocycles. The van der Waals surface area contributed by atoms with Crippen LogP contribution in [0.15, 0.2) is 95.9 Å². The molecular weight excluding hydrogens is 396 g/mol. The molecule has 0 saturated carbocycles. The summed E-state index contributed by atoms with van der Waals surface area (Å²) >= 11 is 1.96. The molecule has 164 valence electrons. The molecule has 0 aliphatic rings. The van der Waals surface area contributed by atoms with Crippen LogP contribution in [0.1, 0.15) is 32.3 Å². The molecule has 0 bridgehead atoms. The summed E-state index contributed by atoms with van der Waals surface area (Å²) in [5, 5.41) is 0. The number of para-hydroxylation sites is 1. The van der Waals surface area contributed by atoms with Gasteiger partial charge in [0.05, 0.1) is 0 Å². The molecule has 0 spiro atoms. The van der Waals surface area contributed by atoms with Gasteiger partial charge in [0.15, 0.2) is 0 Å². The van der Waals surface area contributed by atoms with Gasteiger partial charge in [-0.1, -0.05) is 73.7 Å². The third-order valence-electron chi connectivity index (χ3n) is 5.75. The van der Waals surface area contributed by atoms with Crippen molar-refractivity contribution < 1.29 is 0 Å². The average Bonchev–Trinajstić information content (AvgIpc) is 2.83. The van der Waals surface area contributed by atoms with Crippen LogP contribution in [0.2, 0.25) is 0 Å². The number of anilines is 1. The molecule has 0 saturated heterocycles. The Morgan fingerprint density at radius 2 is 1.35 bits per heavy atom. The van der Waals surface area contributed by atoms with Crippen LogP contribution in [0.25, 0.3) is 0 Å². The van der Waals surface area contributed by atoms with Crippen molar-refractivity contribution in [2.75, 3.05) is 30.3 Å². The molecule has 0 heterocycles. The largest absolute Gasteiger partial charge is 0.368 e. The van der Waals surface area contributed by atoms with Crippen LogP contribution in [0.3, 0.4) is 0 Å². The van der Waals surface area contributed by atoms with Crippen LogP contribution in [0.5, 0.6) is 0 Å². The van der Waals surface area contributed by atoms with Gasteiger partial charge in [0.25, 0.3) is 0 Å². The highest BCUT2D eigenvalue weighted by molar-refractivity contribution is 7.99. The highest BCUT2D eigenvalue weighted by Crippen LogP contribution is 2.20. The predicted molar refractivity (Wildman–Crippen MR) is 137 cm³/mol. The zero-order valence-corrected chi connectivity index (χ0v) is 19.8. The van der Waals surface area contributed by atoms with E-state index in [1.807, 2.05) is 11.8 Å². The van der Waals surface area contributed by atoms with Crippen LogP contribution >= 0.6 is 11.8 Å². The van der Waals surface area contributed by atoms with Gasteiger partial charge in [-0.15, -0.1) is 11.8 Å². The maximum Gasteiger partial charge on any atom is 0.0369 e. The first-order valence-corrected chi connectivity index (χ1v) is 12.5. The van der Waals surface area contributed by atoms with E-state index in [-0.39, 0.29) is 0 Å². The Balaban J connectivity index is 1.59. The molecule has 2 nitrogen and oxygen atoms in total. The lowest BCUT2D eigenvalue weighted by molar-refractivity contribution is 0.269. The average molecular weight is 433 g/mol. The van der Waals surface area contributed by atoms with Crippen molar-refractivity contribution in [3.05, 3.63) is 96.6 Å². The van der Waals surface area contributed by atoms with Crippen LogP contribution in [0, 0.1) is 0 Å². The van der Waals surface area contributed by atoms with Gasteiger partial charge in [0, 0.05) is 36.3 Å². The van der Waals surface area contributed by atoms with Gasteiger partial charge in [0.1, 0.15) is 0 Å². The van der Waals surface area contributed by atoms with Crippen LogP contribution < -0.4 is 4.90 Å². The Morgan fingerprint density at radius 3 is 2.00 bits per heavy atom. The maximum absolute atomic E-state index is 2.62. The lowest BCUT2D eigenvalue weighted by atomic mass is 10.1. The minimum Gasteiger partial charge on any atom is -0.368 e. The molecule has 0 fully saturated rings. The zero-order chi connectivity index (χ0) is 21.7. The Morgan fingerprint density at radius 1 is 0.742 bits per heavy atom. The lowest BCUT2D eigenvalue weighted by Crippen LogP contribution is -2.40. The highest BCUT2D eigenvalue weighted by Gasteiger charge is 2.15. The van der Waals surface area contributed by atoms with Crippen molar-refractivity contribution in [2.45, 2.75) is 44.2 Å². The van der Waals surface area contributed by atoms with E-state index in [0.717, 1.165) is 38.4 Å². The number of hydrogen-bond acceptors (Lipinski definition) is 3. The summed E-state index contributed by atoms with van der Waals surface area (Å²) < 4.78 is 0. The van der Waals surface area contributed by atoms with Gasteiger partial charge in [-0.3, -0.25) is 4.90 Å². The second-order valence-corrected chi connectivity index (χ2v) is 9.23. The van der Waals surface area contributed by atoms with Gasteiger partial charge >= 0.3 is 0 Å². The number of nitrogens with zero attached hydrogens (tertiary/aromatic N) is 2. The third-order valence-corrected chi connectivity index (χ3v) is 6.85. The topological polar surface area (TPSA) is 6.48 Å². The molecule has 0 aliphatic heterocycles. The summed E-state index contributed by atoms with van der Waals surface area (Å²) in [6.45, 7) is 8.88. The fourth-order valence-corrected chi connectivity index (χ4v) is 4.66. The molecule has 1 atom stereocenters. The Bertz CT molecular complexity index is 839. The third kappa shape index (κ3) is 8.08. The van der Waals surface area contributed by atoms with Gasteiger partial charge in [-0.2, -0.15) is 0 Å². The SMILES string of the molecule is CCC(C)N(CCN(CCCSc1ccccc1)Cc1ccccc1)c1ccccc1. The molecule has 3 heteroatoms. The van der Waals surface area contributed by atoms with Crippen molar-refractivity contribution in [3.63, 3.8) is 0 Å². The van der Waals surface area contributed by atoms with E-state index in [2.05, 4.69) is 115 Å². The molecule has 31 heavy (non-hydrogen) atoms. The lowest BCUT2D eigenvalue weighted by Gasteiger charge is -2.33. The monoisotopic (exact) mass is 432 g/mol. The Labute approximate surface area is 193 Å². The van der Waals surface area contributed by atoms with Gasteiger partial charge in [0.2, 0.25) is 0 Å². The molecule has 0 N–H and O–H groups in total.